The summed E-state index contributed by atoms with van der Waals surface area (Å²) in [6, 6.07) is 5.13. The average Bonchev–Trinajstić information content (AvgIpc) is 2.28. The lowest BCUT2D eigenvalue weighted by Crippen LogP contribution is -2.19. The summed E-state index contributed by atoms with van der Waals surface area (Å²) in [4.78, 5) is 10.4. The van der Waals surface area contributed by atoms with Crippen molar-refractivity contribution in [2.75, 3.05) is 18.5 Å². The van der Waals surface area contributed by atoms with E-state index in [1.165, 1.54) is 0 Å². The molecule has 0 aromatic heterocycles. The fraction of sp³-hybridized carbons (Fsp3) is 0.500. The zero-order chi connectivity index (χ0) is 12.8. The highest BCUT2D eigenvalue weighted by molar-refractivity contribution is 5.54. The highest BCUT2D eigenvalue weighted by Crippen LogP contribution is 2.22. The van der Waals surface area contributed by atoms with Crippen molar-refractivity contribution in [3.63, 3.8) is 0 Å². The van der Waals surface area contributed by atoms with Crippen LogP contribution in [0.15, 0.2) is 18.2 Å². The molecule has 17 heavy (non-hydrogen) atoms. The van der Waals surface area contributed by atoms with Crippen LogP contribution in [0, 0.1) is 17.0 Å². The van der Waals surface area contributed by atoms with Gasteiger partial charge in [-0.25, -0.2) is 0 Å². The Morgan fingerprint density at radius 3 is 2.82 bits per heavy atom. The molecule has 0 spiro atoms. The van der Waals surface area contributed by atoms with Crippen LogP contribution in [0.3, 0.4) is 0 Å². The number of nitrogens with zero attached hydrogens (tertiary/aromatic N) is 1. The predicted octanol–water partition coefficient (Wildman–Crippen LogP) is 2.74. The molecule has 1 unspecified atom stereocenters. The lowest BCUT2D eigenvalue weighted by Gasteiger charge is -2.13. The van der Waals surface area contributed by atoms with Gasteiger partial charge in [0.2, 0.25) is 0 Å². The molecule has 0 saturated carbocycles. The molecule has 0 aliphatic heterocycles. The van der Waals surface area contributed by atoms with Crippen LogP contribution in [-0.4, -0.2) is 24.2 Å². The number of ether oxygens (including phenoxy) is 1. The zero-order valence-corrected chi connectivity index (χ0v) is 10.4. The highest BCUT2D eigenvalue weighted by Gasteiger charge is 2.11. The van der Waals surface area contributed by atoms with Gasteiger partial charge in [-0.05, 0) is 26.8 Å². The minimum Gasteiger partial charge on any atom is -0.382 e. The van der Waals surface area contributed by atoms with E-state index in [1.54, 1.807) is 19.1 Å². The molecule has 5 heteroatoms. The summed E-state index contributed by atoms with van der Waals surface area (Å²) in [5, 5.41) is 13.9. The first kappa shape index (κ1) is 13.4. The second kappa shape index (κ2) is 6.20. The summed E-state index contributed by atoms with van der Waals surface area (Å²) in [7, 11) is 0. The monoisotopic (exact) mass is 238 g/mol. The summed E-state index contributed by atoms with van der Waals surface area (Å²) in [5.41, 5.74) is 1.55. The Kier molecular flexibility index (Phi) is 4.90. The quantitative estimate of drug-likeness (QED) is 0.611. The van der Waals surface area contributed by atoms with Crippen molar-refractivity contribution in [3.05, 3.63) is 33.9 Å². The van der Waals surface area contributed by atoms with Crippen LogP contribution < -0.4 is 5.32 Å². The fourth-order valence-corrected chi connectivity index (χ4v) is 1.52. The molecule has 0 amide bonds. The summed E-state index contributed by atoms with van der Waals surface area (Å²) >= 11 is 0. The third-order valence-electron chi connectivity index (χ3n) is 2.45. The van der Waals surface area contributed by atoms with Crippen molar-refractivity contribution >= 4 is 11.4 Å². The first-order valence-corrected chi connectivity index (χ1v) is 5.65. The third-order valence-corrected chi connectivity index (χ3v) is 2.45. The first-order valence-electron chi connectivity index (χ1n) is 5.65. The van der Waals surface area contributed by atoms with E-state index in [0.29, 0.717) is 18.7 Å². The molecule has 94 valence electrons. The Bertz CT molecular complexity index is 393. The third kappa shape index (κ3) is 4.03. The molecule has 1 atom stereocenters. The Labute approximate surface area is 101 Å². The van der Waals surface area contributed by atoms with Gasteiger partial charge in [0.25, 0.3) is 5.69 Å². The first-order chi connectivity index (χ1) is 8.04. The standard InChI is InChI=1S/C12H18N2O3/c1-4-17-10(3)8-13-11-6-5-9(2)12(7-11)14(15)16/h5-7,10,13H,4,8H2,1-3H3. The number of hydrogen-bond acceptors (Lipinski definition) is 4. The van der Waals surface area contributed by atoms with Crippen LogP contribution >= 0.6 is 0 Å². The smallest absolute Gasteiger partial charge is 0.274 e. The van der Waals surface area contributed by atoms with E-state index in [2.05, 4.69) is 5.32 Å². The molecule has 1 aromatic rings. The maximum Gasteiger partial charge on any atom is 0.274 e. The SMILES string of the molecule is CCOC(C)CNc1ccc(C)c([N+](=O)[O-])c1. The zero-order valence-electron chi connectivity index (χ0n) is 10.4. The van der Waals surface area contributed by atoms with Crippen molar-refractivity contribution < 1.29 is 9.66 Å². The van der Waals surface area contributed by atoms with Crippen LogP contribution in [0.25, 0.3) is 0 Å². The van der Waals surface area contributed by atoms with Gasteiger partial charge in [0.1, 0.15) is 0 Å². The van der Waals surface area contributed by atoms with Gasteiger partial charge in [-0.15, -0.1) is 0 Å². The van der Waals surface area contributed by atoms with Gasteiger partial charge < -0.3 is 10.1 Å². The maximum atomic E-state index is 10.8. The Morgan fingerprint density at radius 1 is 1.53 bits per heavy atom. The van der Waals surface area contributed by atoms with Gasteiger partial charge in [-0.2, -0.15) is 0 Å². The molecule has 1 aromatic carbocycles. The minimum atomic E-state index is -0.369. The van der Waals surface area contributed by atoms with Gasteiger partial charge in [-0.1, -0.05) is 6.07 Å². The van der Waals surface area contributed by atoms with E-state index in [9.17, 15) is 10.1 Å². The van der Waals surface area contributed by atoms with Crippen molar-refractivity contribution in [1.29, 1.82) is 0 Å². The highest BCUT2D eigenvalue weighted by atomic mass is 16.6. The van der Waals surface area contributed by atoms with Crippen molar-refractivity contribution in [2.45, 2.75) is 26.9 Å². The van der Waals surface area contributed by atoms with E-state index in [-0.39, 0.29) is 16.7 Å². The number of nitro benzene ring substituents is 1. The number of hydrogen-bond donors (Lipinski definition) is 1. The van der Waals surface area contributed by atoms with Gasteiger partial charge in [-0.3, -0.25) is 10.1 Å². The summed E-state index contributed by atoms with van der Waals surface area (Å²) in [5.74, 6) is 0. The summed E-state index contributed by atoms with van der Waals surface area (Å²) < 4.78 is 5.37. The molecule has 0 radical (unpaired) electrons. The van der Waals surface area contributed by atoms with E-state index in [4.69, 9.17) is 4.74 Å². The van der Waals surface area contributed by atoms with Gasteiger partial charge in [0.15, 0.2) is 0 Å². The summed E-state index contributed by atoms with van der Waals surface area (Å²) in [6.07, 6.45) is 0.0837. The maximum absolute atomic E-state index is 10.8. The van der Waals surface area contributed by atoms with E-state index < -0.39 is 0 Å². The molecular weight excluding hydrogens is 220 g/mol. The molecule has 0 aliphatic carbocycles. The number of nitro groups is 1. The van der Waals surface area contributed by atoms with Gasteiger partial charge in [0, 0.05) is 30.5 Å². The van der Waals surface area contributed by atoms with Gasteiger partial charge in [0.05, 0.1) is 11.0 Å². The normalized spacial score (nSPS) is 12.2. The lowest BCUT2D eigenvalue weighted by molar-refractivity contribution is -0.385. The lowest BCUT2D eigenvalue weighted by atomic mass is 10.2. The van der Waals surface area contributed by atoms with Gasteiger partial charge >= 0.3 is 0 Å². The fourth-order valence-electron chi connectivity index (χ4n) is 1.52. The second-order valence-corrected chi connectivity index (χ2v) is 3.91. The topological polar surface area (TPSA) is 64.4 Å². The number of anilines is 1. The van der Waals surface area contributed by atoms with Crippen molar-refractivity contribution in [2.24, 2.45) is 0 Å². The largest absolute Gasteiger partial charge is 0.382 e. The van der Waals surface area contributed by atoms with E-state index >= 15 is 0 Å². The average molecular weight is 238 g/mol. The van der Waals surface area contributed by atoms with Crippen molar-refractivity contribution in [1.82, 2.24) is 0 Å². The molecule has 1 rings (SSSR count). The summed E-state index contributed by atoms with van der Waals surface area (Å²) in [6.45, 7) is 6.92. The Balaban J connectivity index is 2.66. The molecule has 0 bridgehead atoms. The molecule has 0 fully saturated rings. The molecule has 5 nitrogen and oxygen atoms in total. The number of nitrogens with one attached hydrogen (secondary N) is 1. The molecular formula is C12H18N2O3. The van der Waals surface area contributed by atoms with Crippen LogP contribution in [-0.2, 0) is 4.74 Å². The van der Waals surface area contributed by atoms with Crippen LogP contribution in [0.2, 0.25) is 0 Å². The predicted molar refractivity (Wildman–Crippen MR) is 67.4 cm³/mol. The minimum absolute atomic E-state index is 0.0837. The number of aryl methyl sites for hydroxylation is 1. The van der Waals surface area contributed by atoms with Crippen LogP contribution in [0.4, 0.5) is 11.4 Å². The van der Waals surface area contributed by atoms with Crippen LogP contribution in [0.5, 0.6) is 0 Å². The number of benzene rings is 1. The number of rotatable bonds is 6. The van der Waals surface area contributed by atoms with Crippen LogP contribution in [0.1, 0.15) is 19.4 Å². The molecule has 0 heterocycles. The van der Waals surface area contributed by atoms with E-state index in [0.717, 1.165) is 5.69 Å². The Hall–Kier alpha value is -1.62. The molecule has 0 saturated heterocycles. The van der Waals surface area contributed by atoms with Crippen molar-refractivity contribution in [3.8, 4) is 0 Å². The molecule has 1 N–H and O–H groups in total. The molecule has 0 aliphatic rings. The second-order valence-electron chi connectivity index (χ2n) is 3.91. The Morgan fingerprint density at radius 2 is 2.24 bits per heavy atom. The van der Waals surface area contributed by atoms with E-state index in [1.807, 2.05) is 19.9 Å².